The Labute approximate surface area is 161 Å². The van der Waals surface area contributed by atoms with E-state index in [1.807, 2.05) is 29.0 Å². The molecule has 4 rings (SSSR count). The van der Waals surface area contributed by atoms with Gasteiger partial charge < -0.3 is 4.42 Å². The van der Waals surface area contributed by atoms with Crippen LogP contribution < -0.4 is 5.32 Å². The fourth-order valence-electron chi connectivity index (χ4n) is 2.80. The molecule has 0 saturated heterocycles. The van der Waals surface area contributed by atoms with E-state index in [2.05, 4.69) is 10.3 Å². The lowest BCUT2D eigenvalue weighted by Crippen LogP contribution is -2.15. The zero-order chi connectivity index (χ0) is 19.7. The maximum Gasteiger partial charge on any atom is 0.416 e. The highest BCUT2D eigenvalue weighted by atomic mass is 32.1. The molecule has 0 unspecified atom stereocenters. The van der Waals surface area contributed by atoms with Gasteiger partial charge in [0.15, 0.2) is 5.58 Å². The number of carbonyl (C=O) groups excluding carboxylic acids is 1. The number of nitrogens with one attached hydrogen (secondary N) is 1. The number of anilines is 1. The number of amides is 1. The van der Waals surface area contributed by atoms with Crippen molar-refractivity contribution in [3.63, 3.8) is 0 Å². The minimum Gasteiger partial charge on any atom is -0.423 e. The Balaban J connectivity index is 1.49. The van der Waals surface area contributed by atoms with Gasteiger partial charge in [-0.15, -0.1) is 0 Å². The molecule has 0 spiro atoms. The molecule has 1 N–H and O–H groups in total. The maximum atomic E-state index is 12.8. The number of hydrogen-bond donors (Lipinski definition) is 1. The predicted octanol–water partition coefficient (Wildman–Crippen LogP) is 5.76. The van der Waals surface area contributed by atoms with E-state index in [0.29, 0.717) is 11.1 Å². The molecule has 4 aromatic rings. The summed E-state index contributed by atoms with van der Waals surface area (Å²) in [5, 5.41) is 6.48. The van der Waals surface area contributed by atoms with Gasteiger partial charge in [-0.05, 0) is 51.7 Å². The minimum atomic E-state index is -4.45. The van der Waals surface area contributed by atoms with Gasteiger partial charge in [-0.3, -0.25) is 10.1 Å². The quantitative estimate of drug-likeness (QED) is 0.472. The Morgan fingerprint density at radius 3 is 2.71 bits per heavy atom. The summed E-state index contributed by atoms with van der Waals surface area (Å²) in [5.41, 5.74) is 2.59. The molecule has 8 heteroatoms. The summed E-state index contributed by atoms with van der Waals surface area (Å²) in [7, 11) is 0. The van der Waals surface area contributed by atoms with Crippen LogP contribution in [0.1, 0.15) is 11.1 Å². The molecule has 0 saturated carbocycles. The van der Waals surface area contributed by atoms with Crippen LogP contribution in [0, 0.1) is 0 Å². The highest BCUT2D eigenvalue weighted by Gasteiger charge is 2.30. The Bertz CT molecular complexity index is 1130. The molecule has 1 amide bonds. The summed E-state index contributed by atoms with van der Waals surface area (Å²) in [6, 6.07) is 12.2. The first-order valence-electron chi connectivity index (χ1n) is 8.28. The first-order chi connectivity index (χ1) is 13.4. The van der Waals surface area contributed by atoms with Gasteiger partial charge in [0, 0.05) is 0 Å². The lowest BCUT2D eigenvalue weighted by atomic mass is 10.1. The van der Waals surface area contributed by atoms with Gasteiger partial charge in [0.25, 0.3) is 0 Å². The van der Waals surface area contributed by atoms with Gasteiger partial charge in [0.2, 0.25) is 5.91 Å². The van der Waals surface area contributed by atoms with Crippen molar-refractivity contribution in [3.05, 3.63) is 70.4 Å². The van der Waals surface area contributed by atoms with E-state index in [9.17, 15) is 18.0 Å². The second-order valence-electron chi connectivity index (χ2n) is 6.14. The van der Waals surface area contributed by atoms with Crippen molar-refractivity contribution < 1.29 is 22.4 Å². The number of alkyl halides is 3. The Kier molecular flexibility index (Phi) is 4.64. The normalized spacial score (nSPS) is 11.7. The second-order valence-corrected chi connectivity index (χ2v) is 6.92. The molecule has 0 bridgehead atoms. The molecule has 2 heterocycles. The number of nitrogens with zero attached hydrogens (tertiary/aromatic N) is 1. The molecule has 0 atom stereocenters. The van der Waals surface area contributed by atoms with Crippen LogP contribution in [0.5, 0.6) is 0 Å². The van der Waals surface area contributed by atoms with Crippen molar-refractivity contribution in [2.45, 2.75) is 12.6 Å². The Morgan fingerprint density at radius 2 is 1.96 bits per heavy atom. The molecule has 4 nitrogen and oxygen atoms in total. The molecule has 142 valence electrons. The zero-order valence-electron chi connectivity index (χ0n) is 14.3. The first-order valence-corrected chi connectivity index (χ1v) is 9.22. The van der Waals surface area contributed by atoms with E-state index in [1.165, 1.54) is 12.1 Å². The number of thiophene rings is 1. The second kappa shape index (κ2) is 7.12. The number of rotatable bonds is 4. The SMILES string of the molecule is O=C(Cc1cccc(C(F)(F)F)c1)Nc1nc2cc(-c3ccsc3)ccc2o1. The number of carbonyl (C=O) groups is 1. The molecule has 2 aromatic carbocycles. The van der Waals surface area contributed by atoms with Gasteiger partial charge in [-0.25, -0.2) is 0 Å². The molecule has 2 aromatic heterocycles. The van der Waals surface area contributed by atoms with Crippen LogP contribution in [-0.4, -0.2) is 10.9 Å². The van der Waals surface area contributed by atoms with Crippen molar-refractivity contribution in [2.24, 2.45) is 0 Å². The van der Waals surface area contributed by atoms with Crippen molar-refractivity contribution in [1.29, 1.82) is 0 Å². The summed E-state index contributed by atoms with van der Waals surface area (Å²) in [6.45, 7) is 0. The van der Waals surface area contributed by atoms with Crippen molar-refractivity contribution in [3.8, 4) is 11.1 Å². The fourth-order valence-corrected chi connectivity index (χ4v) is 3.46. The summed E-state index contributed by atoms with van der Waals surface area (Å²) in [6.07, 6.45) is -4.67. The predicted molar refractivity (Wildman–Crippen MR) is 101 cm³/mol. The van der Waals surface area contributed by atoms with E-state index < -0.39 is 17.6 Å². The fraction of sp³-hybridized carbons (Fsp3) is 0.100. The van der Waals surface area contributed by atoms with Crippen LogP contribution in [0.15, 0.2) is 63.7 Å². The van der Waals surface area contributed by atoms with Crippen LogP contribution in [0.25, 0.3) is 22.2 Å². The number of benzene rings is 2. The minimum absolute atomic E-state index is 0.00875. The molecule has 28 heavy (non-hydrogen) atoms. The summed E-state index contributed by atoms with van der Waals surface area (Å²) in [4.78, 5) is 16.4. The van der Waals surface area contributed by atoms with Crippen molar-refractivity contribution in [2.75, 3.05) is 5.32 Å². The standard InChI is InChI=1S/C20H13F3N2O2S/c21-20(22,23)15-3-1-2-12(8-15)9-18(26)25-19-24-16-10-13(4-5-17(16)27-19)14-6-7-28-11-14/h1-8,10-11H,9H2,(H,24,25,26). The molecular weight excluding hydrogens is 389 g/mol. The lowest BCUT2D eigenvalue weighted by Gasteiger charge is -2.08. The number of aromatic nitrogens is 1. The molecule has 0 aliphatic rings. The molecule has 0 fully saturated rings. The highest BCUT2D eigenvalue weighted by molar-refractivity contribution is 7.08. The largest absolute Gasteiger partial charge is 0.423 e. The number of fused-ring (bicyclic) bond motifs is 1. The monoisotopic (exact) mass is 402 g/mol. The van der Waals surface area contributed by atoms with Gasteiger partial charge >= 0.3 is 12.2 Å². The lowest BCUT2D eigenvalue weighted by molar-refractivity contribution is -0.137. The average molecular weight is 402 g/mol. The van der Waals surface area contributed by atoms with E-state index in [0.717, 1.165) is 23.3 Å². The van der Waals surface area contributed by atoms with Crippen LogP contribution in [0.2, 0.25) is 0 Å². The molecular formula is C20H13F3N2O2S. The van der Waals surface area contributed by atoms with Crippen LogP contribution >= 0.6 is 11.3 Å². The van der Waals surface area contributed by atoms with Gasteiger partial charge in [0.05, 0.1) is 12.0 Å². The summed E-state index contributed by atoms with van der Waals surface area (Å²) < 4.78 is 43.8. The average Bonchev–Trinajstić information content (AvgIpc) is 3.29. The van der Waals surface area contributed by atoms with E-state index in [4.69, 9.17) is 4.42 Å². The van der Waals surface area contributed by atoms with Gasteiger partial charge in [-0.2, -0.15) is 29.5 Å². The highest BCUT2D eigenvalue weighted by Crippen LogP contribution is 2.30. The van der Waals surface area contributed by atoms with Crippen molar-refractivity contribution in [1.82, 2.24) is 4.98 Å². The van der Waals surface area contributed by atoms with Crippen LogP contribution in [0.4, 0.5) is 19.2 Å². The Morgan fingerprint density at radius 1 is 1.11 bits per heavy atom. The maximum absolute atomic E-state index is 12.8. The van der Waals surface area contributed by atoms with Crippen molar-refractivity contribution >= 4 is 34.4 Å². The topological polar surface area (TPSA) is 55.1 Å². The van der Waals surface area contributed by atoms with Crippen LogP contribution in [0.3, 0.4) is 0 Å². The van der Waals surface area contributed by atoms with E-state index >= 15 is 0 Å². The third-order valence-corrected chi connectivity index (χ3v) is 4.79. The van der Waals surface area contributed by atoms with Gasteiger partial charge in [-0.1, -0.05) is 24.3 Å². The van der Waals surface area contributed by atoms with E-state index in [1.54, 1.807) is 17.4 Å². The molecule has 0 aliphatic heterocycles. The van der Waals surface area contributed by atoms with E-state index in [-0.39, 0.29) is 18.0 Å². The third-order valence-electron chi connectivity index (χ3n) is 4.11. The summed E-state index contributed by atoms with van der Waals surface area (Å²) >= 11 is 1.59. The summed E-state index contributed by atoms with van der Waals surface area (Å²) in [5.74, 6) is -0.510. The first kappa shape index (κ1) is 18.2. The number of oxazole rings is 1. The number of hydrogen-bond acceptors (Lipinski definition) is 4. The number of halogens is 3. The molecule has 0 aliphatic carbocycles. The van der Waals surface area contributed by atoms with Gasteiger partial charge in [0.1, 0.15) is 5.52 Å². The third kappa shape index (κ3) is 3.91. The van der Waals surface area contributed by atoms with Crippen LogP contribution in [-0.2, 0) is 17.4 Å². The Hall–Kier alpha value is -3.13. The smallest absolute Gasteiger partial charge is 0.416 e. The zero-order valence-corrected chi connectivity index (χ0v) is 15.1. The molecule has 0 radical (unpaired) electrons.